The molecule has 1 fully saturated rings. The largest absolute Gasteiger partial charge is 0.396 e. The van der Waals surface area contributed by atoms with Crippen molar-refractivity contribution in [2.24, 2.45) is 5.92 Å². The predicted molar refractivity (Wildman–Crippen MR) is 137 cm³/mol. The van der Waals surface area contributed by atoms with Crippen LogP contribution in [-0.4, -0.2) is 14.4 Å². The molecule has 0 saturated heterocycles. The summed E-state index contributed by atoms with van der Waals surface area (Å²) >= 11 is 0. The molecule has 1 aliphatic carbocycles. The van der Waals surface area contributed by atoms with Crippen molar-refractivity contribution >= 4 is 18.7 Å². The minimum atomic E-state index is -2.76. The van der Waals surface area contributed by atoms with E-state index in [0.29, 0.717) is 5.92 Å². The van der Waals surface area contributed by atoms with E-state index in [2.05, 4.69) is 90.8 Å². The summed E-state index contributed by atoms with van der Waals surface area (Å²) in [6.07, 6.45) is 9.36. The van der Waals surface area contributed by atoms with Gasteiger partial charge in [0.1, 0.15) is 0 Å². The monoisotopic (exact) mass is 436 g/mol. The maximum atomic E-state index is 7.22. The summed E-state index contributed by atoms with van der Waals surface area (Å²) in [6.45, 7) is 3.91. The molecule has 0 N–H and O–H groups in total. The minimum absolute atomic E-state index is 0.246. The Bertz CT molecular complexity index is 994. The normalized spacial score (nSPS) is 18.4. The molecule has 0 aromatic heterocycles. The molecule has 0 aliphatic heterocycles. The lowest BCUT2D eigenvalue weighted by molar-refractivity contribution is 0.120. The van der Waals surface area contributed by atoms with Gasteiger partial charge in [-0.2, -0.15) is 0 Å². The van der Waals surface area contributed by atoms with E-state index in [1.54, 1.807) is 0 Å². The molecule has 1 nitrogen and oxygen atoms in total. The van der Waals surface area contributed by atoms with Crippen LogP contribution in [0.15, 0.2) is 104 Å². The number of hydrogen-bond donors (Lipinski definition) is 0. The summed E-state index contributed by atoms with van der Waals surface area (Å²) in [4.78, 5) is 0. The topological polar surface area (TPSA) is 9.23 Å². The Morgan fingerprint density at radius 3 is 2.03 bits per heavy atom. The maximum Gasteiger partial charge on any atom is 0.338 e. The summed E-state index contributed by atoms with van der Waals surface area (Å²) in [5.74, 6) is 4.21. The number of allylic oxidation sites excluding steroid dienone is 1. The quantitative estimate of drug-likeness (QED) is 0.255. The molecule has 0 heterocycles. The van der Waals surface area contributed by atoms with E-state index in [1.807, 2.05) is 24.3 Å². The zero-order valence-electron chi connectivity index (χ0n) is 18.8. The average Bonchev–Trinajstić information content (AvgIpc) is 2.87. The molecule has 0 spiro atoms. The summed E-state index contributed by atoms with van der Waals surface area (Å²) in [6, 6.07) is 31.7. The van der Waals surface area contributed by atoms with Gasteiger partial charge in [-0.1, -0.05) is 109 Å². The third-order valence-electron chi connectivity index (χ3n) is 6.37. The summed E-state index contributed by atoms with van der Waals surface area (Å²) in [5, 5.41) is 2.45. The van der Waals surface area contributed by atoms with Crippen molar-refractivity contribution in [3.63, 3.8) is 0 Å². The molecule has 0 amide bonds. The first-order chi connectivity index (χ1) is 15.8. The highest BCUT2D eigenvalue weighted by Gasteiger charge is 2.41. The molecule has 1 saturated carbocycles. The Balaban J connectivity index is 1.76. The zero-order valence-corrected chi connectivity index (χ0v) is 19.8. The third-order valence-corrected chi connectivity index (χ3v) is 9.83. The van der Waals surface area contributed by atoms with Crippen LogP contribution in [0.2, 0.25) is 0 Å². The molecule has 0 bridgehead atoms. The first kappa shape index (κ1) is 22.3. The van der Waals surface area contributed by atoms with Crippen LogP contribution in [0, 0.1) is 17.4 Å². The highest BCUT2D eigenvalue weighted by molar-refractivity contribution is 7.03. The molecule has 2 atom stereocenters. The summed E-state index contributed by atoms with van der Waals surface area (Å²) in [5.41, 5.74) is 4.77. The highest BCUT2D eigenvalue weighted by Crippen LogP contribution is 2.31. The number of rotatable bonds is 7. The molecule has 0 unspecified atom stereocenters. The summed E-state index contributed by atoms with van der Waals surface area (Å²) < 4.78 is 7.22. The lowest BCUT2D eigenvalue weighted by Crippen LogP contribution is -2.62. The maximum absolute atomic E-state index is 7.22. The van der Waals surface area contributed by atoms with Gasteiger partial charge in [0.2, 0.25) is 0 Å². The van der Waals surface area contributed by atoms with Gasteiger partial charge in [0.15, 0.2) is 0 Å². The summed E-state index contributed by atoms with van der Waals surface area (Å²) in [7, 11) is -2.76. The van der Waals surface area contributed by atoms with E-state index < -0.39 is 8.32 Å². The predicted octanol–water partition coefficient (Wildman–Crippen LogP) is 5.88. The van der Waals surface area contributed by atoms with E-state index in [1.165, 1.54) is 29.6 Å². The van der Waals surface area contributed by atoms with Gasteiger partial charge in [-0.15, -0.1) is 6.58 Å². The van der Waals surface area contributed by atoms with Gasteiger partial charge < -0.3 is 4.43 Å². The highest BCUT2D eigenvalue weighted by atomic mass is 28.4. The second-order valence-electron chi connectivity index (χ2n) is 8.67. The van der Waals surface area contributed by atoms with E-state index in [4.69, 9.17) is 4.43 Å². The van der Waals surface area contributed by atoms with Gasteiger partial charge in [0, 0.05) is 11.7 Å². The fraction of sp³-hybridized carbons (Fsp3) is 0.267. The Kier molecular flexibility index (Phi) is 7.77. The third kappa shape index (κ3) is 5.48. The van der Waals surface area contributed by atoms with Crippen LogP contribution in [0.5, 0.6) is 0 Å². The molecule has 3 aromatic rings. The minimum Gasteiger partial charge on any atom is -0.396 e. The lowest BCUT2D eigenvalue weighted by atomic mass is 9.84. The first-order valence-electron chi connectivity index (χ1n) is 11.8. The van der Waals surface area contributed by atoms with Crippen molar-refractivity contribution in [3.8, 4) is 11.5 Å². The average molecular weight is 437 g/mol. The van der Waals surface area contributed by atoms with Crippen molar-refractivity contribution in [2.45, 2.75) is 44.6 Å². The molecular weight excluding hydrogens is 404 g/mol. The molecule has 162 valence electrons. The van der Waals surface area contributed by atoms with E-state index in [9.17, 15) is 0 Å². The van der Waals surface area contributed by atoms with Crippen LogP contribution in [-0.2, 0) is 4.43 Å². The lowest BCUT2D eigenvalue weighted by Gasteiger charge is -2.36. The van der Waals surface area contributed by atoms with Crippen molar-refractivity contribution in [1.29, 1.82) is 0 Å². The second-order valence-corrected chi connectivity index (χ2v) is 11.7. The standard InChI is InChI=1S/C30H32OSi/c1-2-3-14-27-17-13-18-28(25-27)31-32(29-19-9-5-10-20-29,30-21-11-6-12-22-30)24-23-26-15-7-4-8-16-26/h2,4-12,15-16,19-22,27-28H,1,3,13-14,17-18,25H2/t27-,28+/m0/s1. The van der Waals surface area contributed by atoms with Crippen LogP contribution in [0.1, 0.15) is 44.1 Å². The van der Waals surface area contributed by atoms with E-state index in [0.717, 1.165) is 24.8 Å². The molecule has 32 heavy (non-hydrogen) atoms. The van der Waals surface area contributed by atoms with Gasteiger partial charge in [-0.25, -0.2) is 0 Å². The molecule has 1 aliphatic rings. The second kappa shape index (κ2) is 11.1. The van der Waals surface area contributed by atoms with Gasteiger partial charge in [0.05, 0.1) is 0 Å². The fourth-order valence-corrected chi connectivity index (χ4v) is 8.03. The van der Waals surface area contributed by atoms with E-state index in [-0.39, 0.29) is 6.10 Å². The molecule has 2 heteroatoms. The zero-order chi connectivity index (χ0) is 22.1. The van der Waals surface area contributed by atoms with Gasteiger partial charge >= 0.3 is 8.32 Å². The SMILES string of the molecule is C=CCC[C@H]1CCC[C@@H](O[Si](C#Cc2ccccc2)(c2ccccc2)c2ccccc2)C1. The van der Waals surface area contributed by atoms with Crippen molar-refractivity contribution in [1.82, 2.24) is 0 Å². The molecule has 4 rings (SSSR count). The van der Waals surface area contributed by atoms with Gasteiger partial charge in [-0.3, -0.25) is 0 Å². The van der Waals surface area contributed by atoms with Crippen molar-refractivity contribution in [2.75, 3.05) is 0 Å². The first-order valence-corrected chi connectivity index (χ1v) is 13.7. The van der Waals surface area contributed by atoms with Crippen LogP contribution < -0.4 is 10.4 Å². The smallest absolute Gasteiger partial charge is 0.338 e. The van der Waals surface area contributed by atoms with Gasteiger partial charge in [0.25, 0.3) is 0 Å². The van der Waals surface area contributed by atoms with Crippen molar-refractivity contribution < 1.29 is 4.43 Å². The van der Waals surface area contributed by atoms with Crippen LogP contribution in [0.4, 0.5) is 0 Å². The number of hydrogen-bond acceptors (Lipinski definition) is 1. The van der Waals surface area contributed by atoms with Crippen molar-refractivity contribution in [3.05, 3.63) is 109 Å². The number of benzene rings is 3. The molecule has 0 radical (unpaired) electrons. The fourth-order valence-electron chi connectivity index (χ4n) is 4.72. The van der Waals surface area contributed by atoms with Gasteiger partial charge in [-0.05, 0) is 54.1 Å². The Morgan fingerprint density at radius 1 is 0.844 bits per heavy atom. The Labute approximate surface area is 194 Å². The van der Waals surface area contributed by atoms with E-state index >= 15 is 0 Å². The Morgan fingerprint density at radius 2 is 1.44 bits per heavy atom. The van der Waals surface area contributed by atoms with Crippen LogP contribution in [0.25, 0.3) is 0 Å². The van der Waals surface area contributed by atoms with Crippen LogP contribution >= 0.6 is 0 Å². The van der Waals surface area contributed by atoms with Crippen LogP contribution in [0.3, 0.4) is 0 Å². The molecule has 3 aromatic carbocycles. The Hall–Kier alpha value is -2.86. The molecular formula is C30H32OSi.